The molecule has 0 bridgehead atoms. The molecule has 0 radical (unpaired) electrons. The third-order valence-corrected chi connectivity index (χ3v) is 3.81. The van der Waals surface area contributed by atoms with E-state index in [0.29, 0.717) is 13.2 Å². The zero-order valence-corrected chi connectivity index (χ0v) is 13.9. The van der Waals surface area contributed by atoms with Gasteiger partial charge in [0.2, 0.25) is 5.95 Å². The zero-order chi connectivity index (χ0) is 16.9. The van der Waals surface area contributed by atoms with Gasteiger partial charge >= 0.3 is 0 Å². The predicted octanol–water partition coefficient (Wildman–Crippen LogP) is 3.80. The number of phenols is 1. The first-order chi connectivity index (χ1) is 11.7. The summed E-state index contributed by atoms with van der Waals surface area (Å²) in [5.74, 6) is 1.91. The molecule has 0 saturated carbocycles. The second-order valence-electron chi connectivity index (χ2n) is 5.51. The number of aromatic hydroxyl groups is 1. The minimum Gasteiger partial charge on any atom is -0.508 e. The summed E-state index contributed by atoms with van der Waals surface area (Å²) >= 11 is 0. The molecule has 0 spiro atoms. The number of rotatable bonds is 6. The highest BCUT2D eigenvalue weighted by molar-refractivity contribution is 5.62. The fourth-order valence-corrected chi connectivity index (χ4v) is 2.58. The van der Waals surface area contributed by atoms with Gasteiger partial charge in [-0.3, -0.25) is 0 Å². The first-order valence-corrected chi connectivity index (χ1v) is 7.94. The van der Waals surface area contributed by atoms with E-state index < -0.39 is 0 Å². The highest BCUT2D eigenvalue weighted by Gasteiger charge is 2.08. The number of imidazole rings is 1. The average Bonchev–Trinajstić information content (AvgIpc) is 2.95. The van der Waals surface area contributed by atoms with Crippen LogP contribution < -0.4 is 10.1 Å². The minimum absolute atomic E-state index is 0.268. The molecule has 0 fully saturated rings. The van der Waals surface area contributed by atoms with Crippen LogP contribution in [0.2, 0.25) is 0 Å². The van der Waals surface area contributed by atoms with Crippen molar-refractivity contribution >= 4 is 5.95 Å². The van der Waals surface area contributed by atoms with E-state index in [4.69, 9.17) is 4.74 Å². The molecule has 0 aliphatic rings. The lowest BCUT2D eigenvalue weighted by molar-refractivity contribution is 0.340. The maximum atomic E-state index is 9.52. The number of nitrogens with zero attached hydrogens (tertiary/aromatic N) is 2. The van der Waals surface area contributed by atoms with E-state index in [9.17, 15) is 5.11 Å². The molecule has 5 nitrogen and oxygen atoms in total. The van der Waals surface area contributed by atoms with Crippen LogP contribution in [-0.4, -0.2) is 21.3 Å². The van der Waals surface area contributed by atoms with E-state index in [2.05, 4.69) is 10.3 Å². The normalized spacial score (nSPS) is 10.6. The molecule has 0 saturated heterocycles. The number of anilines is 1. The summed E-state index contributed by atoms with van der Waals surface area (Å²) in [5, 5.41) is 12.8. The molecular formula is C19H21N3O2. The number of benzene rings is 2. The Morgan fingerprint density at radius 1 is 1.17 bits per heavy atom. The number of hydrogen-bond acceptors (Lipinski definition) is 4. The van der Waals surface area contributed by atoms with Gasteiger partial charge in [-0.05, 0) is 48.9 Å². The van der Waals surface area contributed by atoms with Crippen molar-refractivity contribution in [2.24, 2.45) is 7.05 Å². The first kappa shape index (κ1) is 15.9. The Balaban J connectivity index is 1.73. The molecule has 0 aliphatic heterocycles. The predicted molar refractivity (Wildman–Crippen MR) is 95.2 cm³/mol. The van der Waals surface area contributed by atoms with Crippen molar-refractivity contribution in [3.8, 4) is 22.8 Å². The Bertz CT molecular complexity index is 810. The van der Waals surface area contributed by atoms with E-state index in [-0.39, 0.29) is 5.75 Å². The van der Waals surface area contributed by atoms with Crippen LogP contribution in [0.4, 0.5) is 5.95 Å². The maximum Gasteiger partial charge on any atom is 0.203 e. The van der Waals surface area contributed by atoms with E-state index in [0.717, 1.165) is 28.5 Å². The van der Waals surface area contributed by atoms with Gasteiger partial charge in [-0.15, -0.1) is 0 Å². The van der Waals surface area contributed by atoms with Gasteiger partial charge in [0.1, 0.15) is 11.5 Å². The topological polar surface area (TPSA) is 59.3 Å². The van der Waals surface area contributed by atoms with Gasteiger partial charge in [0, 0.05) is 19.2 Å². The number of ether oxygens (including phenoxy) is 1. The van der Waals surface area contributed by atoms with Gasteiger partial charge < -0.3 is 19.7 Å². The minimum atomic E-state index is 0.268. The van der Waals surface area contributed by atoms with Crippen LogP contribution in [0.1, 0.15) is 12.5 Å². The molecule has 2 N–H and O–H groups in total. The Morgan fingerprint density at radius 2 is 1.96 bits per heavy atom. The number of phenolic OH excluding ortho intramolecular Hbond substituents is 1. The molecule has 5 heteroatoms. The summed E-state index contributed by atoms with van der Waals surface area (Å²) in [5.41, 5.74) is 3.11. The highest BCUT2D eigenvalue weighted by Crippen LogP contribution is 2.24. The van der Waals surface area contributed by atoms with E-state index in [1.54, 1.807) is 12.1 Å². The molecule has 2 aromatic carbocycles. The van der Waals surface area contributed by atoms with Gasteiger partial charge in [-0.1, -0.05) is 12.1 Å². The molecule has 24 heavy (non-hydrogen) atoms. The van der Waals surface area contributed by atoms with Crippen molar-refractivity contribution < 1.29 is 9.84 Å². The Labute approximate surface area is 141 Å². The lowest BCUT2D eigenvalue weighted by Crippen LogP contribution is -2.05. The van der Waals surface area contributed by atoms with E-state index >= 15 is 0 Å². The summed E-state index contributed by atoms with van der Waals surface area (Å²) in [6.45, 7) is 3.23. The molecule has 0 amide bonds. The second-order valence-corrected chi connectivity index (χ2v) is 5.51. The largest absolute Gasteiger partial charge is 0.508 e. The van der Waals surface area contributed by atoms with Crippen LogP contribution in [0.5, 0.6) is 11.5 Å². The summed E-state index contributed by atoms with van der Waals surface area (Å²) < 4.78 is 7.49. The fourth-order valence-electron chi connectivity index (χ4n) is 2.58. The molecule has 0 aliphatic carbocycles. The van der Waals surface area contributed by atoms with Gasteiger partial charge in [0.05, 0.1) is 18.5 Å². The molecule has 1 aromatic heterocycles. The maximum absolute atomic E-state index is 9.52. The van der Waals surface area contributed by atoms with Crippen molar-refractivity contribution in [3.05, 3.63) is 60.3 Å². The van der Waals surface area contributed by atoms with Crippen molar-refractivity contribution in [2.75, 3.05) is 11.9 Å². The summed E-state index contributed by atoms with van der Waals surface area (Å²) in [6, 6.07) is 15.2. The Hall–Kier alpha value is -2.95. The van der Waals surface area contributed by atoms with Crippen LogP contribution in [0, 0.1) is 0 Å². The van der Waals surface area contributed by atoms with Crippen LogP contribution in [0.3, 0.4) is 0 Å². The molecular weight excluding hydrogens is 302 g/mol. The van der Waals surface area contributed by atoms with Crippen LogP contribution in [0.25, 0.3) is 11.3 Å². The Morgan fingerprint density at radius 3 is 2.67 bits per heavy atom. The van der Waals surface area contributed by atoms with Gasteiger partial charge in [0.25, 0.3) is 0 Å². The van der Waals surface area contributed by atoms with Crippen LogP contribution in [0.15, 0.2) is 54.7 Å². The van der Waals surface area contributed by atoms with Crippen molar-refractivity contribution in [1.29, 1.82) is 0 Å². The first-order valence-electron chi connectivity index (χ1n) is 7.94. The lowest BCUT2D eigenvalue weighted by atomic mass is 10.1. The quantitative estimate of drug-likeness (QED) is 0.724. The standard InChI is InChI=1S/C19H21N3O2/c1-3-24-17-9-7-15(8-10-17)18-13-21-19(22(18)2)20-12-14-5-4-6-16(23)11-14/h4-11,13,23H,3,12H2,1-2H3,(H,20,21). The number of hydrogen-bond donors (Lipinski definition) is 2. The third-order valence-electron chi connectivity index (χ3n) is 3.81. The third kappa shape index (κ3) is 3.51. The SMILES string of the molecule is CCOc1ccc(-c2cnc(NCc3cccc(O)c3)n2C)cc1. The molecule has 3 aromatic rings. The monoisotopic (exact) mass is 323 g/mol. The van der Waals surface area contributed by atoms with Crippen LogP contribution in [-0.2, 0) is 13.6 Å². The van der Waals surface area contributed by atoms with Crippen molar-refractivity contribution in [1.82, 2.24) is 9.55 Å². The highest BCUT2D eigenvalue weighted by atomic mass is 16.5. The molecule has 124 valence electrons. The van der Waals surface area contributed by atoms with Crippen LogP contribution >= 0.6 is 0 Å². The molecule has 0 atom stereocenters. The zero-order valence-electron chi connectivity index (χ0n) is 13.9. The molecule has 0 unspecified atom stereocenters. The molecule has 3 rings (SSSR count). The Kier molecular flexibility index (Phi) is 4.70. The van der Waals surface area contributed by atoms with Crippen molar-refractivity contribution in [3.63, 3.8) is 0 Å². The van der Waals surface area contributed by atoms with Gasteiger partial charge in [0.15, 0.2) is 0 Å². The number of aromatic nitrogens is 2. The lowest BCUT2D eigenvalue weighted by Gasteiger charge is -2.09. The summed E-state index contributed by atoms with van der Waals surface area (Å²) in [6.07, 6.45) is 1.85. The van der Waals surface area contributed by atoms with Gasteiger partial charge in [-0.2, -0.15) is 0 Å². The summed E-state index contributed by atoms with van der Waals surface area (Å²) in [7, 11) is 1.98. The fraction of sp³-hybridized carbons (Fsp3) is 0.211. The van der Waals surface area contributed by atoms with E-state index in [1.807, 2.05) is 61.1 Å². The molecule has 1 heterocycles. The average molecular weight is 323 g/mol. The van der Waals surface area contributed by atoms with Crippen molar-refractivity contribution in [2.45, 2.75) is 13.5 Å². The van der Waals surface area contributed by atoms with E-state index in [1.165, 1.54) is 0 Å². The summed E-state index contributed by atoms with van der Waals surface area (Å²) in [4.78, 5) is 4.45. The smallest absolute Gasteiger partial charge is 0.203 e. The number of nitrogens with one attached hydrogen (secondary N) is 1. The second kappa shape index (κ2) is 7.08. The van der Waals surface area contributed by atoms with Gasteiger partial charge in [-0.25, -0.2) is 4.98 Å².